The van der Waals surface area contributed by atoms with Gasteiger partial charge in [-0.25, -0.2) is 4.98 Å². The summed E-state index contributed by atoms with van der Waals surface area (Å²) in [5.74, 6) is 1.30. The zero-order chi connectivity index (χ0) is 12.7. The number of halogens is 1. The molecule has 3 heteroatoms. The number of nitrogens with zero attached hydrogens (tertiary/aromatic N) is 1. The van der Waals surface area contributed by atoms with Crippen LogP contribution in [0.15, 0.2) is 30.8 Å². The predicted molar refractivity (Wildman–Crippen MR) is 74.8 cm³/mol. The molecule has 1 heterocycles. The number of hydrogen-bond acceptors (Lipinski definition) is 2. The molecule has 0 aliphatic heterocycles. The molecule has 2 nitrogen and oxygen atoms in total. The van der Waals surface area contributed by atoms with Crippen molar-refractivity contribution in [3.8, 4) is 0 Å². The van der Waals surface area contributed by atoms with E-state index in [0.717, 1.165) is 16.5 Å². The third-order valence-electron chi connectivity index (χ3n) is 3.37. The Morgan fingerprint density at radius 2 is 2.17 bits per heavy atom. The number of rotatable bonds is 3. The first-order chi connectivity index (χ1) is 8.69. The van der Waals surface area contributed by atoms with Crippen molar-refractivity contribution in [3.05, 3.63) is 47.1 Å². The Balaban J connectivity index is 2.25. The van der Waals surface area contributed by atoms with Crippen LogP contribution in [-0.4, -0.2) is 12.1 Å². The Kier molecular flexibility index (Phi) is 2.75. The summed E-state index contributed by atoms with van der Waals surface area (Å²) in [5, 5.41) is 1.64. The molecule has 0 spiro atoms. The zero-order valence-corrected chi connectivity index (χ0v) is 11.0. The van der Waals surface area contributed by atoms with Gasteiger partial charge in [0, 0.05) is 10.9 Å². The predicted octanol–water partition coefficient (Wildman–Crippen LogP) is 4.38. The van der Waals surface area contributed by atoms with Gasteiger partial charge in [0.1, 0.15) is 10.9 Å². The first kappa shape index (κ1) is 11.5. The monoisotopic (exact) mass is 259 g/mol. The van der Waals surface area contributed by atoms with E-state index in [1.165, 1.54) is 18.4 Å². The molecule has 18 heavy (non-hydrogen) atoms. The Hall–Kier alpha value is -1.54. The average molecular weight is 260 g/mol. The van der Waals surface area contributed by atoms with Crippen molar-refractivity contribution in [2.45, 2.75) is 18.8 Å². The van der Waals surface area contributed by atoms with Gasteiger partial charge < -0.3 is 4.74 Å². The summed E-state index contributed by atoms with van der Waals surface area (Å²) in [7, 11) is 1.64. The third-order valence-corrected chi connectivity index (χ3v) is 3.58. The zero-order valence-electron chi connectivity index (χ0n) is 10.2. The summed E-state index contributed by atoms with van der Waals surface area (Å²) in [6.07, 6.45) is 2.46. The SMILES string of the molecule is C=C(OC)c1cc(C2CC2)c2nc(Cl)ccc2c1. The Morgan fingerprint density at radius 1 is 1.39 bits per heavy atom. The normalized spacial score (nSPS) is 14.8. The highest BCUT2D eigenvalue weighted by atomic mass is 35.5. The molecule has 92 valence electrons. The van der Waals surface area contributed by atoms with Gasteiger partial charge in [0.15, 0.2) is 0 Å². The van der Waals surface area contributed by atoms with Gasteiger partial charge in [-0.2, -0.15) is 0 Å². The molecule has 3 rings (SSSR count). The number of pyridine rings is 1. The van der Waals surface area contributed by atoms with Crippen LogP contribution in [0.4, 0.5) is 0 Å². The topological polar surface area (TPSA) is 22.1 Å². The summed E-state index contributed by atoms with van der Waals surface area (Å²) in [5.41, 5.74) is 3.30. The highest BCUT2D eigenvalue weighted by molar-refractivity contribution is 6.29. The van der Waals surface area contributed by atoms with Gasteiger partial charge >= 0.3 is 0 Å². The van der Waals surface area contributed by atoms with Crippen LogP contribution in [0.5, 0.6) is 0 Å². The third kappa shape index (κ3) is 1.97. The van der Waals surface area contributed by atoms with Crippen molar-refractivity contribution >= 4 is 28.3 Å². The standard InChI is InChI=1S/C15H14ClNO/c1-9(18-2)12-7-11-5-6-14(16)17-15(11)13(8-12)10-3-4-10/h5-8,10H,1,3-4H2,2H3. The molecule has 0 atom stereocenters. The molecule has 1 aliphatic carbocycles. The van der Waals surface area contributed by atoms with Crippen LogP contribution in [0.25, 0.3) is 16.7 Å². The van der Waals surface area contributed by atoms with Gasteiger partial charge in [-0.1, -0.05) is 18.2 Å². The van der Waals surface area contributed by atoms with E-state index >= 15 is 0 Å². The maximum atomic E-state index is 5.99. The highest BCUT2D eigenvalue weighted by Crippen LogP contribution is 2.43. The van der Waals surface area contributed by atoms with Gasteiger partial charge in [-0.15, -0.1) is 0 Å². The minimum Gasteiger partial charge on any atom is -0.497 e. The van der Waals surface area contributed by atoms with Crippen LogP contribution in [0.1, 0.15) is 29.9 Å². The van der Waals surface area contributed by atoms with Crippen molar-refractivity contribution in [1.82, 2.24) is 4.98 Å². The summed E-state index contributed by atoms with van der Waals surface area (Å²) in [6, 6.07) is 8.01. The molecule has 0 N–H and O–H groups in total. The van der Waals surface area contributed by atoms with Gasteiger partial charge in [-0.3, -0.25) is 0 Å². The van der Waals surface area contributed by atoms with Gasteiger partial charge in [0.25, 0.3) is 0 Å². The van der Waals surface area contributed by atoms with Gasteiger partial charge in [0.2, 0.25) is 0 Å². The fraction of sp³-hybridized carbons (Fsp3) is 0.267. The molecule has 0 amide bonds. The Bertz CT molecular complexity index is 632. The molecular formula is C15H14ClNO. The van der Waals surface area contributed by atoms with Crippen LogP contribution in [0.3, 0.4) is 0 Å². The summed E-state index contributed by atoms with van der Waals surface area (Å²) in [4.78, 5) is 4.46. The number of methoxy groups -OCH3 is 1. The van der Waals surface area contributed by atoms with Crippen molar-refractivity contribution in [2.24, 2.45) is 0 Å². The molecule has 1 fully saturated rings. The summed E-state index contributed by atoms with van der Waals surface area (Å²) < 4.78 is 5.22. The van der Waals surface area contributed by atoms with E-state index in [9.17, 15) is 0 Å². The number of aromatic nitrogens is 1. The summed E-state index contributed by atoms with van der Waals surface area (Å²) >= 11 is 5.99. The first-order valence-electron chi connectivity index (χ1n) is 6.02. The maximum absolute atomic E-state index is 5.99. The molecule has 1 saturated carbocycles. The van der Waals surface area contributed by atoms with E-state index in [0.29, 0.717) is 16.8 Å². The lowest BCUT2D eigenvalue weighted by Gasteiger charge is -2.10. The number of hydrogen-bond donors (Lipinski definition) is 0. The van der Waals surface area contributed by atoms with E-state index in [1.54, 1.807) is 7.11 Å². The van der Waals surface area contributed by atoms with Crippen LogP contribution in [0.2, 0.25) is 5.15 Å². The maximum Gasteiger partial charge on any atom is 0.129 e. The molecule has 2 aromatic rings. The molecule has 0 bridgehead atoms. The first-order valence-corrected chi connectivity index (χ1v) is 6.40. The number of fused-ring (bicyclic) bond motifs is 1. The minimum absolute atomic E-state index is 0.544. The van der Waals surface area contributed by atoms with E-state index in [4.69, 9.17) is 16.3 Å². The molecule has 0 unspecified atom stereocenters. The van der Waals surface area contributed by atoms with Crippen LogP contribution in [0, 0.1) is 0 Å². The van der Waals surface area contributed by atoms with E-state index < -0.39 is 0 Å². The smallest absolute Gasteiger partial charge is 0.129 e. The quantitative estimate of drug-likeness (QED) is 0.603. The molecule has 1 aromatic heterocycles. The second kappa shape index (κ2) is 4.29. The van der Waals surface area contributed by atoms with E-state index in [-0.39, 0.29) is 0 Å². The van der Waals surface area contributed by atoms with Crippen LogP contribution < -0.4 is 0 Å². The van der Waals surface area contributed by atoms with E-state index in [2.05, 4.69) is 23.7 Å². The molecule has 0 saturated heterocycles. The molecule has 1 aromatic carbocycles. The minimum atomic E-state index is 0.544. The second-order valence-electron chi connectivity index (χ2n) is 4.67. The molecule has 0 radical (unpaired) electrons. The van der Waals surface area contributed by atoms with E-state index in [1.807, 2.05) is 12.1 Å². The number of benzene rings is 1. The fourth-order valence-electron chi connectivity index (χ4n) is 2.22. The number of ether oxygens (including phenoxy) is 1. The van der Waals surface area contributed by atoms with Crippen molar-refractivity contribution in [1.29, 1.82) is 0 Å². The largest absolute Gasteiger partial charge is 0.497 e. The Labute approximate surface area is 111 Å². The lowest BCUT2D eigenvalue weighted by Crippen LogP contribution is -1.93. The van der Waals surface area contributed by atoms with Crippen molar-refractivity contribution < 1.29 is 4.74 Å². The average Bonchev–Trinajstić information content (AvgIpc) is 3.21. The lowest BCUT2D eigenvalue weighted by atomic mass is 10.0. The fourth-order valence-corrected chi connectivity index (χ4v) is 2.37. The van der Waals surface area contributed by atoms with Crippen molar-refractivity contribution in [2.75, 3.05) is 7.11 Å². The second-order valence-corrected chi connectivity index (χ2v) is 5.06. The van der Waals surface area contributed by atoms with Gasteiger partial charge in [-0.05, 0) is 48.6 Å². The van der Waals surface area contributed by atoms with Crippen LogP contribution >= 0.6 is 11.6 Å². The van der Waals surface area contributed by atoms with Crippen molar-refractivity contribution in [3.63, 3.8) is 0 Å². The highest BCUT2D eigenvalue weighted by Gasteiger charge is 2.26. The molecule has 1 aliphatic rings. The lowest BCUT2D eigenvalue weighted by molar-refractivity contribution is 0.371. The summed E-state index contributed by atoms with van der Waals surface area (Å²) in [6.45, 7) is 3.92. The molecular weight excluding hydrogens is 246 g/mol. The van der Waals surface area contributed by atoms with Gasteiger partial charge in [0.05, 0.1) is 12.6 Å². The van der Waals surface area contributed by atoms with Crippen LogP contribution in [-0.2, 0) is 4.74 Å². The Morgan fingerprint density at radius 3 is 2.83 bits per heavy atom.